The first kappa shape index (κ1) is 15.4. The zero-order valence-corrected chi connectivity index (χ0v) is 11.5. The van der Waals surface area contributed by atoms with Crippen LogP contribution in [0.15, 0.2) is 18.2 Å². The van der Waals surface area contributed by atoms with Crippen LogP contribution in [0.5, 0.6) is 5.75 Å². The minimum atomic E-state index is -3.55. The first-order valence-electron chi connectivity index (χ1n) is 5.58. The Labute approximate surface area is 111 Å². The average Bonchev–Trinajstić information content (AvgIpc) is 2.24. The van der Waals surface area contributed by atoms with Gasteiger partial charge in [0.1, 0.15) is 5.75 Å². The molecule has 0 aromatic heterocycles. The summed E-state index contributed by atoms with van der Waals surface area (Å²) in [6.07, 6.45) is 0. The molecule has 1 unspecified atom stereocenters. The molecule has 2 N–H and O–H groups in total. The Hall–Kier alpha value is -1.67. The molecule has 0 radical (unpaired) electrons. The van der Waals surface area contributed by atoms with Crippen LogP contribution in [-0.2, 0) is 10.0 Å². The highest BCUT2D eigenvalue weighted by Gasteiger charge is 2.16. The summed E-state index contributed by atoms with van der Waals surface area (Å²) in [7, 11) is -3.55. The lowest BCUT2D eigenvalue weighted by Gasteiger charge is -2.13. The van der Waals surface area contributed by atoms with Crippen molar-refractivity contribution in [2.24, 2.45) is 11.1 Å². The molecule has 19 heavy (non-hydrogen) atoms. The van der Waals surface area contributed by atoms with Crippen LogP contribution in [0.4, 0.5) is 5.69 Å². The highest BCUT2D eigenvalue weighted by Crippen LogP contribution is 2.27. The molecule has 0 fully saturated rings. The maximum absolute atomic E-state index is 10.9. The van der Waals surface area contributed by atoms with Crippen molar-refractivity contribution in [3.63, 3.8) is 0 Å². The van der Waals surface area contributed by atoms with Crippen molar-refractivity contribution in [2.45, 2.75) is 13.8 Å². The van der Waals surface area contributed by atoms with E-state index in [1.54, 1.807) is 19.9 Å². The Morgan fingerprint density at radius 3 is 2.63 bits per heavy atom. The van der Waals surface area contributed by atoms with Crippen LogP contribution in [0.2, 0.25) is 0 Å². The van der Waals surface area contributed by atoms with Crippen molar-refractivity contribution in [1.82, 2.24) is 0 Å². The van der Waals surface area contributed by atoms with Gasteiger partial charge in [0.2, 0.25) is 10.0 Å². The summed E-state index contributed by atoms with van der Waals surface area (Å²) in [6.45, 7) is 3.38. The molecular weight excluding hydrogens is 272 g/mol. The van der Waals surface area contributed by atoms with E-state index < -0.39 is 14.9 Å². The monoisotopic (exact) mass is 288 g/mol. The first-order chi connectivity index (χ1) is 8.70. The molecule has 106 valence electrons. The molecule has 8 heteroatoms. The van der Waals surface area contributed by atoms with E-state index in [0.717, 1.165) is 0 Å². The van der Waals surface area contributed by atoms with Crippen LogP contribution in [0.1, 0.15) is 12.5 Å². The third-order valence-electron chi connectivity index (χ3n) is 2.49. The van der Waals surface area contributed by atoms with Crippen LogP contribution >= 0.6 is 0 Å². The fourth-order valence-corrected chi connectivity index (χ4v) is 2.52. The van der Waals surface area contributed by atoms with Gasteiger partial charge in [-0.05, 0) is 13.0 Å². The van der Waals surface area contributed by atoms with Gasteiger partial charge in [-0.2, -0.15) is 0 Å². The van der Waals surface area contributed by atoms with Crippen LogP contribution in [0.25, 0.3) is 0 Å². The molecular formula is C11H16N2O5S. The highest BCUT2D eigenvalue weighted by molar-refractivity contribution is 7.89. The van der Waals surface area contributed by atoms with E-state index in [1.807, 2.05) is 0 Å². The number of hydrogen-bond acceptors (Lipinski definition) is 5. The third kappa shape index (κ3) is 4.84. The summed E-state index contributed by atoms with van der Waals surface area (Å²) in [5.41, 5.74) is 0.381. The Bertz CT molecular complexity index is 570. The van der Waals surface area contributed by atoms with Crippen LogP contribution in [0.3, 0.4) is 0 Å². The largest absolute Gasteiger partial charge is 0.493 e. The normalized spacial score (nSPS) is 13.0. The standard InChI is InChI=1S/C11H16N2O5S/c1-8(7-19(12,16)17)6-18-11-5-3-4-10(9(11)2)13(14)15/h3-5,8H,6-7H2,1-2H3,(H2,12,16,17). The number of ether oxygens (including phenoxy) is 1. The molecule has 0 saturated heterocycles. The van der Waals surface area contributed by atoms with Crippen LogP contribution < -0.4 is 9.88 Å². The number of primary sulfonamides is 1. The van der Waals surface area contributed by atoms with E-state index in [1.165, 1.54) is 12.1 Å². The highest BCUT2D eigenvalue weighted by atomic mass is 32.2. The molecule has 0 heterocycles. The molecule has 0 spiro atoms. The van der Waals surface area contributed by atoms with Gasteiger partial charge >= 0.3 is 0 Å². The Kier molecular flexibility index (Phi) is 4.84. The molecule has 0 aliphatic heterocycles. The maximum Gasteiger partial charge on any atom is 0.276 e. The molecule has 0 amide bonds. The summed E-state index contributed by atoms with van der Waals surface area (Å²) < 4.78 is 27.2. The number of nitrogens with zero attached hydrogens (tertiary/aromatic N) is 1. The zero-order chi connectivity index (χ0) is 14.6. The summed E-state index contributed by atoms with van der Waals surface area (Å²) in [4.78, 5) is 10.3. The molecule has 1 rings (SSSR count). The quantitative estimate of drug-likeness (QED) is 0.624. The minimum absolute atomic E-state index is 0.0309. The van der Waals surface area contributed by atoms with Gasteiger partial charge in [0.25, 0.3) is 5.69 Å². The lowest BCUT2D eigenvalue weighted by Crippen LogP contribution is -2.25. The van der Waals surface area contributed by atoms with Gasteiger partial charge in [-0.1, -0.05) is 13.0 Å². The summed E-state index contributed by atoms with van der Waals surface area (Å²) in [6, 6.07) is 4.51. The second-order valence-electron chi connectivity index (χ2n) is 4.40. The lowest BCUT2D eigenvalue weighted by molar-refractivity contribution is -0.385. The topological polar surface area (TPSA) is 113 Å². The molecule has 0 bridgehead atoms. The minimum Gasteiger partial charge on any atom is -0.493 e. The smallest absolute Gasteiger partial charge is 0.276 e. The second kappa shape index (κ2) is 5.98. The molecule has 1 atom stereocenters. The van der Waals surface area contributed by atoms with E-state index in [0.29, 0.717) is 11.3 Å². The van der Waals surface area contributed by atoms with Gasteiger partial charge in [0, 0.05) is 12.0 Å². The summed E-state index contributed by atoms with van der Waals surface area (Å²) in [5, 5.41) is 15.7. The molecule has 1 aromatic carbocycles. The molecule has 1 aromatic rings. The first-order valence-corrected chi connectivity index (χ1v) is 7.29. The van der Waals surface area contributed by atoms with Gasteiger partial charge in [-0.3, -0.25) is 10.1 Å². The Morgan fingerprint density at radius 1 is 1.47 bits per heavy atom. The van der Waals surface area contributed by atoms with Crippen molar-refractivity contribution in [1.29, 1.82) is 0 Å². The van der Waals surface area contributed by atoms with Gasteiger partial charge < -0.3 is 4.74 Å². The predicted octanol–water partition coefficient (Wildman–Crippen LogP) is 1.21. The predicted molar refractivity (Wildman–Crippen MR) is 70.5 cm³/mol. The van der Waals surface area contributed by atoms with E-state index in [4.69, 9.17) is 9.88 Å². The van der Waals surface area contributed by atoms with Crippen LogP contribution in [0, 0.1) is 23.0 Å². The molecule has 7 nitrogen and oxygen atoms in total. The van der Waals surface area contributed by atoms with Crippen molar-refractivity contribution in [2.75, 3.05) is 12.4 Å². The van der Waals surface area contributed by atoms with Crippen molar-refractivity contribution in [3.8, 4) is 5.75 Å². The van der Waals surface area contributed by atoms with Crippen molar-refractivity contribution >= 4 is 15.7 Å². The van der Waals surface area contributed by atoms with Gasteiger partial charge in [-0.15, -0.1) is 0 Å². The molecule has 0 saturated carbocycles. The summed E-state index contributed by atoms with van der Waals surface area (Å²) >= 11 is 0. The Morgan fingerprint density at radius 2 is 2.11 bits per heavy atom. The Balaban J connectivity index is 2.74. The van der Waals surface area contributed by atoms with Crippen molar-refractivity contribution in [3.05, 3.63) is 33.9 Å². The third-order valence-corrected chi connectivity index (χ3v) is 3.53. The van der Waals surface area contributed by atoms with E-state index in [-0.39, 0.29) is 24.0 Å². The molecule has 0 aliphatic rings. The number of nitro benzene ring substituents is 1. The van der Waals surface area contributed by atoms with E-state index in [9.17, 15) is 18.5 Å². The number of rotatable bonds is 6. The SMILES string of the molecule is Cc1c(OCC(C)CS(N)(=O)=O)cccc1[N+](=O)[O-]. The number of nitro groups is 1. The van der Waals surface area contributed by atoms with Gasteiger partial charge in [0.05, 0.1) is 22.8 Å². The van der Waals surface area contributed by atoms with Crippen molar-refractivity contribution < 1.29 is 18.1 Å². The van der Waals surface area contributed by atoms with Gasteiger partial charge in [0.15, 0.2) is 0 Å². The fraction of sp³-hybridized carbons (Fsp3) is 0.455. The number of nitrogens with two attached hydrogens (primary N) is 1. The van der Waals surface area contributed by atoms with E-state index >= 15 is 0 Å². The zero-order valence-electron chi connectivity index (χ0n) is 10.7. The second-order valence-corrected chi connectivity index (χ2v) is 6.06. The molecule has 0 aliphatic carbocycles. The van der Waals surface area contributed by atoms with E-state index in [2.05, 4.69) is 0 Å². The summed E-state index contributed by atoms with van der Waals surface area (Å²) in [5.74, 6) is -0.120. The number of hydrogen-bond donors (Lipinski definition) is 1. The fourth-order valence-electron chi connectivity index (χ4n) is 1.63. The van der Waals surface area contributed by atoms with Gasteiger partial charge in [-0.25, -0.2) is 13.6 Å². The van der Waals surface area contributed by atoms with Crippen LogP contribution in [-0.4, -0.2) is 25.7 Å². The lowest BCUT2D eigenvalue weighted by atomic mass is 10.2. The maximum atomic E-state index is 10.9. The average molecular weight is 288 g/mol. The number of benzene rings is 1. The number of sulfonamides is 1.